The molecular formula is C23H23ClN4O. The fourth-order valence-electron chi connectivity index (χ4n) is 3.49. The highest BCUT2D eigenvalue weighted by molar-refractivity contribution is 6.31. The minimum absolute atomic E-state index is 0.0707. The van der Waals surface area contributed by atoms with Gasteiger partial charge in [-0.15, -0.1) is 0 Å². The maximum absolute atomic E-state index is 12.8. The number of halogens is 1. The molecule has 1 heterocycles. The van der Waals surface area contributed by atoms with Gasteiger partial charge in [-0.05, 0) is 56.0 Å². The first-order valence-corrected chi connectivity index (χ1v) is 10.1. The first kappa shape index (κ1) is 19.4. The summed E-state index contributed by atoms with van der Waals surface area (Å²) < 4.78 is 0. The minimum atomic E-state index is 0.0707. The molecule has 1 unspecified atom stereocenters. The Morgan fingerprint density at radius 2 is 1.69 bits per heavy atom. The second kappa shape index (κ2) is 7.84. The summed E-state index contributed by atoms with van der Waals surface area (Å²) in [5.74, 6) is 1.32. The van der Waals surface area contributed by atoms with Crippen LogP contribution in [0.3, 0.4) is 0 Å². The van der Waals surface area contributed by atoms with E-state index in [-0.39, 0.29) is 11.7 Å². The van der Waals surface area contributed by atoms with Crippen molar-refractivity contribution in [1.29, 1.82) is 0 Å². The topological polar surface area (TPSA) is 66.9 Å². The zero-order valence-electron chi connectivity index (χ0n) is 16.7. The van der Waals surface area contributed by atoms with E-state index in [1.165, 1.54) is 5.56 Å². The number of rotatable bonds is 4. The summed E-state index contributed by atoms with van der Waals surface area (Å²) >= 11 is 6.27. The number of fused-ring (bicyclic) bond motifs is 1. The smallest absolute Gasteiger partial charge is 0.229 e. The van der Waals surface area contributed by atoms with Gasteiger partial charge in [0.25, 0.3) is 0 Å². The van der Waals surface area contributed by atoms with Gasteiger partial charge in [0.2, 0.25) is 5.95 Å². The van der Waals surface area contributed by atoms with E-state index in [1.807, 2.05) is 56.3 Å². The highest BCUT2D eigenvalue weighted by Gasteiger charge is 2.28. The van der Waals surface area contributed by atoms with Crippen LogP contribution >= 0.6 is 11.6 Å². The predicted octanol–water partition coefficient (Wildman–Crippen LogP) is 6.00. The van der Waals surface area contributed by atoms with E-state index < -0.39 is 0 Å². The molecule has 0 aliphatic heterocycles. The van der Waals surface area contributed by atoms with Gasteiger partial charge in [0.1, 0.15) is 5.82 Å². The van der Waals surface area contributed by atoms with Crippen LogP contribution in [0.4, 0.5) is 23.1 Å². The number of Topliss-reactive ketones (excluding diaryl/α,β-unsaturated/α-hetero) is 1. The number of aromatic nitrogens is 2. The molecule has 148 valence electrons. The quantitative estimate of drug-likeness (QED) is 0.556. The lowest BCUT2D eigenvalue weighted by molar-refractivity contribution is 0.0953. The first-order chi connectivity index (χ1) is 13.9. The van der Waals surface area contributed by atoms with Crippen molar-refractivity contribution in [3.63, 3.8) is 0 Å². The van der Waals surface area contributed by atoms with Crippen molar-refractivity contribution in [3.05, 3.63) is 69.9 Å². The van der Waals surface area contributed by atoms with Crippen LogP contribution in [0.5, 0.6) is 0 Å². The molecule has 29 heavy (non-hydrogen) atoms. The number of hydrogen-bond acceptors (Lipinski definition) is 5. The van der Waals surface area contributed by atoms with Gasteiger partial charge in [-0.2, -0.15) is 4.98 Å². The van der Waals surface area contributed by atoms with E-state index in [0.717, 1.165) is 29.1 Å². The molecule has 0 radical (unpaired) electrons. The van der Waals surface area contributed by atoms with Gasteiger partial charge in [-0.1, -0.05) is 42.3 Å². The number of benzene rings is 2. The third-order valence-corrected chi connectivity index (χ3v) is 5.49. The second-order valence-corrected chi connectivity index (χ2v) is 8.14. The molecule has 0 saturated heterocycles. The lowest BCUT2D eigenvalue weighted by atomic mass is 9.87. The Morgan fingerprint density at radius 3 is 2.41 bits per heavy atom. The highest BCUT2D eigenvalue weighted by Crippen LogP contribution is 2.32. The molecular weight excluding hydrogens is 384 g/mol. The zero-order chi connectivity index (χ0) is 20.5. The molecule has 0 saturated carbocycles. The van der Waals surface area contributed by atoms with Crippen LogP contribution in [-0.4, -0.2) is 15.8 Å². The number of aryl methyl sites for hydroxylation is 2. The fourth-order valence-corrected chi connectivity index (χ4v) is 3.67. The average Bonchev–Trinajstić information content (AvgIpc) is 2.66. The molecule has 2 aromatic carbocycles. The number of ketones is 1. The number of carbonyl (C=O) groups excluding carboxylic acids is 1. The van der Waals surface area contributed by atoms with Gasteiger partial charge in [-0.25, -0.2) is 4.98 Å². The zero-order valence-corrected chi connectivity index (χ0v) is 17.5. The maximum atomic E-state index is 12.8. The monoisotopic (exact) mass is 406 g/mol. The normalized spacial score (nSPS) is 15.7. The summed E-state index contributed by atoms with van der Waals surface area (Å²) in [6, 6.07) is 13.7. The van der Waals surface area contributed by atoms with Crippen LogP contribution in [0.1, 0.15) is 40.5 Å². The van der Waals surface area contributed by atoms with Crippen LogP contribution in [0, 0.1) is 19.8 Å². The summed E-state index contributed by atoms with van der Waals surface area (Å²) in [4.78, 5) is 22.1. The van der Waals surface area contributed by atoms with Crippen LogP contribution < -0.4 is 10.6 Å². The van der Waals surface area contributed by atoms with E-state index >= 15 is 0 Å². The second-order valence-electron chi connectivity index (χ2n) is 7.73. The third kappa shape index (κ3) is 4.25. The van der Waals surface area contributed by atoms with Gasteiger partial charge in [0.15, 0.2) is 5.78 Å². The van der Waals surface area contributed by atoms with Crippen molar-refractivity contribution >= 4 is 40.5 Å². The molecule has 0 bridgehead atoms. The van der Waals surface area contributed by atoms with Crippen LogP contribution in [0.2, 0.25) is 5.02 Å². The number of nitrogens with one attached hydrogen (secondary N) is 2. The third-order valence-electron chi connectivity index (χ3n) is 5.08. The molecule has 0 amide bonds. The fraction of sp³-hybridized carbons (Fsp3) is 0.261. The number of nitrogens with zero attached hydrogens (tertiary/aromatic N) is 2. The van der Waals surface area contributed by atoms with Crippen molar-refractivity contribution in [2.24, 2.45) is 5.92 Å². The van der Waals surface area contributed by atoms with Crippen LogP contribution in [-0.2, 0) is 6.42 Å². The molecule has 3 aromatic rings. The average molecular weight is 407 g/mol. The minimum Gasteiger partial charge on any atom is -0.339 e. The SMILES string of the molecule is Cc1ccc(Nc2nc3c(c(Nc4ccc(C)c(Cl)c4)n2)C(=O)CC(C)C3)cc1. The molecule has 2 N–H and O–H groups in total. The van der Waals surface area contributed by atoms with E-state index in [2.05, 4.69) is 27.5 Å². The molecule has 1 aliphatic rings. The van der Waals surface area contributed by atoms with Gasteiger partial charge in [0.05, 0.1) is 11.3 Å². The molecule has 6 heteroatoms. The molecule has 0 spiro atoms. The number of carbonyl (C=O) groups is 1. The molecule has 5 nitrogen and oxygen atoms in total. The summed E-state index contributed by atoms with van der Waals surface area (Å²) in [5, 5.41) is 7.21. The Hall–Kier alpha value is -2.92. The Bertz CT molecular complexity index is 1080. The van der Waals surface area contributed by atoms with Gasteiger partial charge < -0.3 is 10.6 Å². The maximum Gasteiger partial charge on any atom is 0.229 e. The molecule has 0 fully saturated rings. The summed E-state index contributed by atoms with van der Waals surface area (Å²) in [6.07, 6.45) is 1.25. The van der Waals surface area contributed by atoms with Gasteiger partial charge in [0, 0.05) is 22.8 Å². The summed E-state index contributed by atoms with van der Waals surface area (Å²) in [6.45, 7) is 6.07. The first-order valence-electron chi connectivity index (χ1n) is 9.70. The molecule has 1 atom stereocenters. The Labute approximate surface area is 175 Å². The largest absolute Gasteiger partial charge is 0.339 e. The van der Waals surface area contributed by atoms with Gasteiger partial charge in [-0.3, -0.25) is 4.79 Å². The summed E-state index contributed by atoms with van der Waals surface area (Å²) in [5.41, 5.74) is 5.21. The van der Waals surface area contributed by atoms with Crippen molar-refractivity contribution in [2.75, 3.05) is 10.6 Å². The standard InChI is InChI=1S/C23H23ClN4O/c1-13-4-7-16(8-5-13)26-23-27-19-10-14(2)11-20(29)21(19)22(28-23)25-17-9-6-15(3)18(24)12-17/h4-9,12,14H,10-11H2,1-3H3,(H2,25,26,27,28). The van der Waals surface area contributed by atoms with Crippen LogP contribution in [0.25, 0.3) is 0 Å². The Kier molecular flexibility index (Phi) is 5.24. The molecule has 1 aromatic heterocycles. The lowest BCUT2D eigenvalue weighted by Crippen LogP contribution is -2.22. The molecule has 4 rings (SSSR count). The molecule has 1 aliphatic carbocycles. The van der Waals surface area contributed by atoms with Crippen molar-refractivity contribution in [3.8, 4) is 0 Å². The van der Waals surface area contributed by atoms with Crippen molar-refractivity contribution in [2.45, 2.75) is 33.6 Å². The number of hydrogen-bond donors (Lipinski definition) is 2. The number of anilines is 4. The van der Waals surface area contributed by atoms with Crippen molar-refractivity contribution < 1.29 is 4.79 Å². The summed E-state index contributed by atoms with van der Waals surface area (Å²) in [7, 11) is 0. The van der Waals surface area contributed by atoms with Crippen molar-refractivity contribution in [1.82, 2.24) is 9.97 Å². The van der Waals surface area contributed by atoms with E-state index in [9.17, 15) is 4.79 Å². The van der Waals surface area contributed by atoms with Gasteiger partial charge >= 0.3 is 0 Å². The van der Waals surface area contributed by atoms with E-state index in [0.29, 0.717) is 28.8 Å². The Morgan fingerprint density at radius 1 is 0.966 bits per heavy atom. The van der Waals surface area contributed by atoms with E-state index in [1.54, 1.807) is 0 Å². The Balaban J connectivity index is 1.74. The highest BCUT2D eigenvalue weighted by atomic mass is 35.5. The van der Waals surface area contributed by atoms with E-state index in [4.69, 9.17) is 11.6 Å². The predicted molar refractivity (Wildman–Crippen MR) is 118 cm³/mol. The lowest BCUT2D eigenvalue weighted by Gasteiger charge is -2.23. The van der Waals surface area contributed by atoms with Crippen LogP contribution in [0.15, 0.2) is 42.5 Å².